The molecule has 0 N–H and O–H groups in total. The maximum absolute atomic E-state index is 5.93. The Hall–Kier alpha value is -0.930. The molecule has 0 bridgehead atoms. The Balaban J connectivity index is 2.84. The van der Waals surface area contributed by atoms with E-state index in [1.54, 1.807) is 12.3 Å². The van der Waals surface area contributed by atoms with Gasteiger partial charge in [0.05, 0.1) is 5.69 Å². The molecule has 3 nitrogen and oxygen atoms in total. The molecule has 0 aromatic carbocycles. The van der Waals surface area contributed by atoms with E-state index in [4.69, 9.17) is 23.2 Å². The molecule has 2 aromatic rings. The first-order chi connectivity index (χ1) is 7.09. The van der Waals surface area contributed by atoms with Crippen LogP contribution >= 0.6 is 23.2 Å². The van der Waals surface area contributed by atoms with E-state index in [9.17, 15) is 0 Å². The van der Waals surface area contributed by atoms with Crippen LogP contribution in [0.15, 0.2) is 12.3 Å². The topological polar surface area (TPSA) is 38.7 Å². The number of rotatable bonds is 1. The lowest BCUT2D eigenvalue weighted by molar-refractivity contribution is 0.799. The molecule has 0 fully saturated rings. The summed E-state index contributed by atoms with van der Waals surface area (Å²) in [5.74, 6) is 0.274. The molecule has 0 spiro atoms. The van der Waals surface area contributed by atoms with E-state index < -0.39 is 0 Å². The second-order valence-electron chi connectivity index (χ2n) is 3.58. The third-order valence-corrected chi connectivity index (χ3v) is 2.65. The molecule has 78 valence electrons. The average Bonchev–Trinajstić information content (AvgIpc) is 2.17. The second kappa shape index (κ2) is 3.91. The minimum absolute atomic E-state index is 0.274. The molecule has 0 aliphatic carbocycles. The van der Waals surface area contributed by atoms with Gasteiger partial charge in [-0.2, -0.15) is 5.10 Å². The molecule has 15 heavy (non-hydrogen) atoms. The Morgan fingerprint density at radius 3 is 2.53 bits per heavy atom. The van der Waals surface area contributed by atoms with E-state index in [1.165, 1.54) is 0 Å². The van der Waals surface area contributed by atoms with Gasteiger partial charge in [-0.05, 0) is 12.0 Å². The smallest absolute Gasteiger partial charge is 0.161 e. The number of nitrogens with zero attached hydrogens (tertiary/aromatic N) is 3. The highest BCUT2D eigenvalue weighted by atomic mass is 35.5. The van der Waals surface area contributed by atoms with Crippen molar-refractivity contribution in [1.29, 1.82) is 0 Å². The minimum atomic E-state index is 0.274. The molecule has 0 aliphatic rings. The lowest BCUT2D eigenvalue weighted by atomic mass is 10.1. The van der Waals surface area contributed by atoms with Gasteiger partial charge < -0.3 is 0 Å². The SMILES string of the molecule is CC(C)c1nnc(Cl)c2cnc(Cl)cc12. The summed E-state index contributed by atoms with van der Waals surface area (Å²) >= 11 is 11.8. The van der Waals surface area contributed by atoms with Gasteiger partial charge in [-0.3, -0.25) is 0 Å². The van der Waals surface area contributed by atoms with Crippen molar-refractivity contribution in [3.05, 3.63) is 28.3 Å². The molecule has 5 heteroatoms. The van der Waals surface area contributed by atoms with Crippen LogP contribution in [0, 0.1) is 0 Å². The molecular formula is C10H9Cl2N3. The highest BCUT2D eigenvalue weighted by Crippen LogP contribution is 2.27. The fraction of sp³-hybridized carbons (Fsp3) is 0.300. The summed E-state index contributed by atoms with van der Waals surface area (Å²) in [7, 11) is 0. The Bertz CT molecular complexity index is 511. The summed E-state index contributed by atoms with van der Waals surface area (Å²) in [6.07, 6.45) is 1.63. The van der Waals surface area contributed by atoms with Gasteiger partial charge in [0.25, 0.3) is 0 Å². The maximum Gasteiger partial charge on any atom is 0.161 e. The average molecular weight is 242 g/mol. The predicted molar refractivity (Wildman–Crippen MR) is 61.4 cm³/mol. The molecular weight excluding hydrogens is 233 g/mol. The van der Waals surface area contributed by atoms with Gasteiger partial charge in [-0.1, -0.05) is 37.0 Å². The summed E-state index contributed by atoms with van der Waals surface area (Å²) in [6.45, 7) is 4.09. The molecule has 0 radical (unpaired) electrons. The van der Waals surface area contributed by atoms with Gasteiger partial charge in [0.15, 0.2) is 5.15 Å². The fourth-order valence-electron chi connectivity index (χ4n) is 1.44. The van der Waals surface area contributed by atoms with Crippen molar-refractivity contribution in [2.45, 2.75) is 19.8 Å². The lowest BCUT2D eigenvalue weighted by Gasteiger charge is -2.08. The van der Waals surface area contributed by atoms with E-state index in [1.807, 2.05) is 13.8 Å². The van der Waals surface area contributed by atoms with Crippen LogP contribution in [0.2, 0.25) is 10.3 Å². The minimum Gasteiger partial charge on any atom is -0.244 e. The van der Waals surface area contributed by atoms with Crippen LogP contribution in [0.5, 0.6) is 0 Å². The fourth-order valence-corrected chi connectivity index (χ4v) is 1.78. The van der Waals surface area contributed by atoms with Gasteiger partial charge in [0.2, 0.25) is 0 Å². The normalized spacial score (nSPS) is 11.3. The first kappa shape index (κ1) is 10.6. The van der Waals surface area contributed by atoms with Crippen molar-refractivity contribution in [3.8, 4) is 0 Å². The Kier molecular flexibility index (Phi) is 2.76. The zero-order chi connectivity index (χ0) is 11.0. The summed E-state index contributed by atoms with van der Waals surface area (Å²) in [4.78, 5) is 3.98. The third kappa shape index (κ3) is 1.90. The largest absolute Gasteiger partial charge is 0.244 e. The van der Waals surface area contributed by atoms with Crippen LogP contribution in [0.4, 0.5) is 0 Å². The van der Waals surface area contributed by atoms with Crippen LogP contribution in [-0.4, -0.2) is 15.2 Å². The van der Waals surface area contributed by atoms with Gasteiger partial charge in [0, 0.05) is 17.0 Å². The van der Waals surface area contributed by atoms with Gasteiger partial charge in [-0.15, -0.1) is 5.10 Å². The Morgan fingerprint density at radius 1 is 1.13 bits per heavy atom. The van der Waals surface area contributed by atoms with Crippen molar-refractivity contribution < 1.29 is 0 Å². The van der Waals surface area contributed by atoms with Crippen LogP contribution in [0.25, 0.3) is 10.8 Å². The van der Waals surface area contributed by atoms with E-state index in [2.05, 4.69) is 15.2 Å². The highest BCUT2D eigenvalue weighted by Gasteiger charge is 2.11. The number of aromatic nitrogens is 3. The number of pyridine rings is 1. The van der Waals surface area contributed by atoms with Crippen molar-refractivity contribution in [2.24, 2.45) is 0 Å². The van der Waals surface area contributed by atoms with E-state index in [0.717, 1.165) is 16.5 Å². The Morgan fingerprint density at radius 2 is 1.87 bits per heavy atom. The number of fused-ring (bicyclic) bond motifs is 1. The highest BCUT2D eigenvalue weighted by molar-refractivity contribution is 6.34. The molecule has 0 saturated heterocycles. The number of hydrogen-bond acceptors (Lipinski definition) is 3. The molecule has 0 unspecified atom stereocenters. The first-order valence-corrected chi connectivity index (χ1v) is 5.32. The third-order valence-electron chi connectivity index (χ3n) is 2.16. The lowest BCUT2D eigenvalue weighted by Crippen LogP contribution is -1.98. The summed E-state index contributed by atoms with van der Waals surface area (Å²) in [5.41, 5.74) is 0.888. The van der Waals surface area contributed by atoms with Crippen LogP contribution < -0.4 is 0 Å². The molecule has 0 aliphatic heterocycles. The second-order valence-corrected chi connectivity index (χ2v) is 4.33. The predicted octanol–water partition coefficient (Wildman–Crippen LogP) is 3.46. The standard InChI is InChI=1S/C10H9Cl2N3/c1-5(2)9-6-3-8(11)13-4-7(6)10(12)15-14-9/h3-5H,1-2H3. The summed E-state index contributed by atoms with van der Waals surface area (Å²) in [6, 6.07) is 1.77. The zero-order valence-electron chi connectivity index (χ0n) is 8.33. The van der Waals surface area contributed by atoms with Crippen LogP contribution in [-0.2, 0) is 0 Å². The monoisotopic (exact) mass is 241 g/mol. The van der Waals surface area contributed by atoms with Gasteiger partial charge in [-0.25, -0.2) is 4.98 Å². The molecule has 0 atom stereocenters. The quantitative estimate of drug-likeness (QED) is 0.719. The Labute approximate surface area is 97.4 Å². The maximum atomic E-state index is 5.93. The van der Waals surface area contributed by atoms with E-state index >= 15 is 0 Å². The molecule has 0 amide bonds. The van der Waals surface area contributed by atoms with Crippen molar-refractivity contribution in [3.63, 3.8) is 0 Å². The molecule has 2 rings (SSSR count). The van der Waals surface area contributed by atoms with E-state index in [0.29, 0.717) is 10.3 Å². The van der Waals surface area contributed by atoms with Crippen molar-refractivity contribution in [2.75, 3.05) is 0 Å². The number of halogens is 2. The van der Waals surface area contributed by atoms with E-state index in [-0.39, 0.29) is 5.92 Å². The van der Waals surface area contributed by atoms with Crippen molar-refractivity contribution in [1.82, 2.24) is 15.2 Å². The molecule has 2 heterocycles. The van der Waals surface area contributed by atoms with Crippen molar-refractivity contribution >= 4 is 34.0 Å². The zero-order valence-corrected chi connectivity index (χ0v) is 9.84. The van der Waals surface area contributed by atoms with Gasteiger partial charge >= 0.3 is 0 Å². The summed E-state index contributed by atoms with van der Waals surface area (Å²) < 4.78 is 0. The van der Waals surface area contributed by atoms with Crippen LogP contribution in [0.1, 0.15) is 25.5 Å². The molecule has 2 aromatic heterocycles. The summed E-state index contributed by atoms with van der Waals surface area (Å²) in [5, 5.41) is 10.5. The number of hydrogen-bond donors (Lipinski definition) is 0. The van der Waals surface area contributed by atoms with Gasteiger partial charge in [0.1, 0.15) is 5.15 Å². The first-order valence-electron chi connectivity index (χ1n) is 4.57. The van der Waals surface area contributed by atoms with Crippen LogP contribution in [0.3, 0.4) is 0 Å². The molecule has 0 saturated carbocycles.